The number of alkyl halides is 2. The fraction of sp³-hybridized carbons (Fsp3) is 1.00. The maximum absolute atomic E-state index is 13.1. The molecule has 1 N–H and O–H groups in total. The Kier molecular flexibility index (Phi) is 6.34. The molecule has 1 saturated carbocycles. The lowest BCUT2D eigenvalue weighted by atomic mass is 9.95. The van der Waals surface area contributed by atoms with Crippen LogP contribution < -0.4 is 5.32 Å². The van der Waals surface area contributed by atoms with Crippen LogP contribution in [0.2, 0.25) is 0 Å². The maximum atomic E-state index is 13.1. The molecule has 102 valence electrons. The Bertz CT molecular complexity index is 212. The highest BCUT2D eigenvalue weighted by atomic mass is 19.3. The standard InChI is InChI=1S/C13H25F2NO/c1-3-17-8-4-5-12(16-2)9-11-6-7-13(14,15)10-11/h11-12,16H,3-10H2,1-2H3. The van der Waals surface area contributed by atoms with E-state index in [2.05, 4.69) is 5.32 Å². The molecule has 1 fully saturated rings. The van der Waals surface area contributed by atoms with Crippen molar-refractivity contribution in [2.24, 2.45) is 5.92 Å². The summed E-state index contributed by atoms with van der Waals surface area (Å²) < 4.78 is 31.4. The predicted octanol–water partition coefficient (Wildman–Crippen LogP) is 3.22. The zero-order chi connectivity index (χ0) is 12.7. The Labute approximate surface area is 103 Å². The molecule has 2 atom stereocenters. The van der Waals surface area contributed by atoms with E-state index in [1.165, 1.54) is 0 Å². The van der Waals surface area contributed by atoms with Crippen molar-refractivity contribution in [1.29, 1.82) is 0 Å². The minimum absolute atomic E-state index is 0.0764. The van der Waals surface area contributed by atoms with E-state index in [-0.39, 0.29) is 18.8 Å². The summed E-state index contributed by atoms with van der Waals surface area (Å²) in [6, 6.07) is 0.356. The number of halogens is 2. The summed E-state index contributed by atoms with van der Waals surface area (Å²) in [6.07, 6.45) is 3.72. The van der Waals surface area contributed by atoms with Gasteiger partial charge in [-0.15, -0.1) is 0 Å². The molecule has 0 aliphatic heterocycles. The van der Waals surface area contributed by atoms with Crippen LogP contribution in [0.1, 0.15) is 45.4 Å². The Balaban J connectivity index is 2.18. The van der Waals surface area contributed by atoms with Gasteiger partial charge in [0.25, 0.3) is 0 Å². The van der Waals surface area contributed by atoms with Crippen molar-refractivity contribution in [1.82, 2.24) is 5.32 Å². The van der Waals surface area contributed by atoms with E-state index < -0.39 is 5.92 Å². The first-order valence-electron chi connectivity index (χ1n) is 6.70. The predicted molar refractivity (Wildman–Crippen MR) is 65.5 cm³/mol. The number of hydrogen-bond acceptors (Lipinski definition) is 2. The van der Waals surface area contributed by atoms with Gasteiger partial charge in [0.05, 0.1) is 0 Å². The maximum Gasteiger partial charge on any atom is 0.248 e. The molecule has 2 unspecified atom stereocenters. The highest BCUT2D eigenvalue weighted by Crippen LogP contribution is 2.40. The molecule has 1 aliphatic carbocycles. The molecule has 0 aromatic rings. The second-order valence-corrected chi connectivity index (χ2v) is 5.03. The molecule has 0 saturated heterocycles. The van der Waals surface area contributed by atoms with E-state index in [4.69, 9.17) is 4.74 Å². The molecule has 0 aromatic heterocycles. The topological polar surface area (TPSA) is 21.3 Å². The van der Waals surface area contributed by atoms with E-state index in [1.807, 2.05) is 14.0 Å². The minimum atomic E-state index is -2.41. The molecule has 4 heteroatoms. The third-order valence-corrected chi connectivity index (χ3v) is 3.58. The van der Waals surface area contributed by atoms with Gasteiger partial charge in [0.1, 0.15) is 0 Å². The van der Waals surface area contributed by atoms with Gasteiger partial charge in [0, 0.05) is 32.1 Å². The molecule has 0 spiro atoms. The monoisotopic (exact) mass is 249 g/mol. The van der Waals surface area contributed by atoms with Crippen LogP contribution in [0.15, 0.2) is 0 Å². The molecular weight excluding hydrogens is 224 g/mol. The number of ether oxygens (including phenoxy) is 1. The van der Waals surface area contributed by atoms with Crippen LogP contribution in [0.4, 0.5) is 8.78 Å². The van der Waals surface area contributed by atoms with Crippen molar-refractivity contribution >= 4 is 0 Å². The van der Waals surface area contributed by atoms with Gasteiger partial charge < -0.3 is 10.1 Å². The average molecular weight is 249 g/mol. The number of rotatable bonds is 8. The van der Waals surface area contributed by atoms with Gasteiger partial charge in [-0.1, -0.05) is 0 Å². The average Bonchev–Trinajstić information content (AvgIpc) is 2.62. The lowest BCUT2D eigenvalue weighted by molar-refractivity contribution is 0.00427. The zero-order valence-electron chi connectivity index (χ0n) is 11.0. The number of nitrogens with one attached hydrogen (secondary N) is 1. The van der Waals surface area contributed by atoms with Crippen molar-refractivity contribution in [3.05, 3.63) is 0 Å². The van der Waals surface area contributed by atoms with Crippen molar-refractivity contribution < 1.29 is 13.5 Å². The van der Waals surface area contributed by atoms with Gasteiger partial charge in [-0.2, -0.15) is 0 Å². The van der Waals surface area contributed by atoms with Crippen molar-refractivity contribution in [2.75, 3.05) is 20.3 Å². The lowest BCUT2D eigenvalue weighted by Crippen LogP contribution is -2.28. The molecule has 2 nitrogen and oxygen atoms in total. The van der Waals surface area contributed by atoms with Gasteiger partial charge in [-0.3, -0.25) is 0 Å². The second-order valence-electron chi connectivity index (χ2n) is 5.03. The van der Waals surface area contributed by atoms with Crippen molar-refractivity contribution in [3.63, 3.8) is 0 Å². The van der Waals surface area contributed by atoms with E-state index in [0.717, 1.165) is 32.5 Å². The number of hydrogen-bond donors (Lipinski definition) is 1. The van der Waals surface area contributed by atoms with E-state index >= 15 is 0 Å². The van der Waals surface area contributed by atoms with Crippen molar-refractivity contribution in [3.8, 4) is 0 Å². The van der Waals surface area contributed by atoms with E-state index in [9.17, 15) is 8.78 Å². The Morgan fingerprint density at radius 2 is 2.24 bits per heavy atom. The van der Waals surface area contributed by atoms with E-state index in [1.54, 1.807) is 0 Å². The highest BCUT2D eigenvalue weighted by Gasteiger charge is 2.39. The van der Waals surface area contributed by atoms with Gasteiger partial charge in [0.2, 0.25) is 5.92 Å². The molecule has 0 amide bonds. The molecule has 1 aliphatic rings. The quantitative estimate of drug-likeness (QED) is 0.667. The van der Waals surface area contributed by atoms with Crippen LogP contribution in [0, 0.1) is 5.92 Å². The van der Waals surface area contributed by atoms with Crippen LogP contribution in [0.25, 0.3) is 0 Å². The van der Waals surface area contributed by atoms with Crippen LogP contribution in [0.3, 0.4) is 0 Å². The van der Waals surface area contributed by atoms with Crippen LogP contribution in [-0.4, -0.2) is 32.2 Å². The highest BCUT2D eigenvalue weighted by molar-refractivity contribution is 4.84. The fourth-order valence-corrected chi connectivity index (χ4v) is 2.60. The smallest absolute Gasteiger partial charge is 0.248 e. The van der Waals surface area contributed by atoms with Crippen molar-refractivity contribution in [2.45, 2.75) is 57.4 Å². The molecule has 0 aromatic carbocycles. The summed E-state index contributed by atoms with van der Waals surface area (Å²) in [5, 5.41) is 3.23. The molecular formula is C13H25F2NO. The summed E-state index contributed by atoms with van der Waals surface area (Å²) >= 11 is 0. The molecule has 0 radical (unpaired) electrons. The molecule has 0 heterocycles. The Morgan fingerprint density at radius 3 is 2.76 bits per heavy atom. The van der Waals surface area contributed by atoms with Gasteiger partial charge in [-0.25, -0.2) is 8.78 Å². The summed E-state index contributed by atoms with van der Waals surface area (Å²) in [5.41, 5.74) is 0. The first-order chi connectivity index (χ1) is 8.07. The zero-order valence-corrected chi connectivity index (χ0v) is 11.0. The first-order valence-corrected chi connectivity index (χ1v) is 6.70. The first kappa shape index (κ1) is 14.8. The van der Waals surface area contributed by atoms with Gasteiger partial charge in [-0.05, 0) is 45.6 Å². The summed E-state index contributed by atoms with van der Waals surface area (Å²) in [7, 11) is 1.92. The van der Waals surface area contributed by atoms with Crippen LogP contribution >= 0.6 is 0 Å². The molecule has 0 bridgehead atoms. The normalized spacial score (nSPS) is 25.1. The fourth-order valence-electron chi connectivity index (χ4n) is 2.60. The lowest BCUT2D eigenvalue weighted by Gasteiger charge is -2.20. The Morgan fingerprint density at radius 1 is 1.47 bits per heavy atom. The Hall–Kier alpha value is -0.220. The third-order valence-electron chi connectivity index (χ3n) is 3.58. The SMILES string of the molecule is CCOCCCC(CC1CCC(F)(F)C1)NC. The molecule has 17 heavy (non-hydrogen) atoms. The second kappa shape index (κ2) is 7.27. The minimum Gasteiger partial charge on any atom is -0.382 e. The van der Waals surface area contributed by atoms with Gasteiger partial charge >= 0.3 is 0 Å². The molecule has 1 rings (SSSR count). The van der Waals surface area contributed by atoms with Gasteiger partial charge in [0.15, 0.2) is 0 Å². The largest absolute Gasteiger partial charge is 0.382 e. The van der Waals surface area contributed by atoms with E-state index in [0.29, 0.717) is 12.5 Å². The third kappa shape index (κ3) is 5.77. The van der Waals surface area contributed by atoms with Crippen LogP contribution in [-0.2, 0) is 4.74 Å². The van der Waals surface area contributed by atoms with Crippen LogP contribution in [0.5, 0.6) is 0 Å². The summed E-state index contributed by atoms with van der Waals surface area (Å²) in [6.45, 7) is 3.50. The summed E-state index contributed by atoms with van der Waals surface area (Å²) in [4.78, 5) is 0. The summed E-state index contributed by atoms with van der Waals surface area (Å²) in [5.74, 6) is -2.22.